The van der Waals surface area contributed by atoms with Crippen LogP contribution in [-0.4, -0.2) is 0 Å². The van der Waals surface area contributed by atoms with E-state index in [4.69, 9.17) is 11.8 Å². The van der Waals surface area contributed by atoms with Crippen LogP contribution in [0.3, 0.4) is 0 Å². The molecule has 4 heavy (non-hydrogen) atoms. The second kappa shape index (κ2) is 80.7. The van der Waals surface area contributed by atoms with E-state index in [1.807, 2.05) is 0 Å². The number of rotatable bonds is 0. The van der Waals surface area contributed by atoms with E-state index < -0.39 is 0 Å². The molecular weight excluding hydrogens is 137 g/mol. The van der Waals surface area contributed by atoms with Crippen LogP contribution in [-0.2, 0) is 34.1 Å². The van der Waals surface area contributed by atoms with Crippen molar-refractivity contribution in [1.29, 1.82) is 5.26 Å². The van der Waals surface area contributed by atoms with Crippen molar-refractivity contribution in [2.75, 3.05) is 0 Å². The summed E-state index contributed by atoms with van der Waals surface area (Å²) in [5.41, 5.74) is 0. The quantitative estimate of drug-likeness (QED) is 0.342. The molecule has 0 saturated heterocycles. The molecule has 0 aromatic rings. The van der Waals surface area contributed by atoms with Gasteiger partial charge in [0.15, 0.2) is 0 Å². The van der Waals surface area contributed by atoms with Crippen LogP contribution in [0, 0.1) is 11.8 Å². The van der Waals surface area contributed by atoms with Gasteiger partial charge in [-0.15, -0.1) is 0 Å². The van der Waals surface area contributed by atoms with Crippen LogP contribution in [0.15, 0.2) is 0 Å². The third-order valence-corrected chi connectivity index (χ3v) is 0. The first-order valence-electron chi connectivity index (χ1n) is 0.224. The molecule has 0 spiro atoms. The summed E-state index contributed by atoms with van der Waals surface area (Å²) < 4.78 is 0. The molecule has 1 nitrogen and oxygen atoms in total. The van der Waals surface area contributed by atoms with Gasteiger partial charge < -0.3 is 11.8 Å². The summed E-state index contributed by atoms with van der Waals surface area (Å²) in [5, 5.41) is 6.25. The average Bonchev–Trinajstić information content (AvgIpc) is 1.00. The monoisotopic (exact) mass is 137 g/mol. The zero-order valence-electron chi connectivity index (χ0n) is 1.68. The molecule has 0 heterocycles. The normalized spacial score (nSPS) is 0.500. The van der Waals surface area contributed by atoms with Crippen molar-refractivity contribution in [3.63, 3.8) is 0 Å². The molecule has 0 rings (SSSR count). The van der Waals surface area contributed by atoms with Gasteiger partial charge in [-0.2, -0.15) is 0 Å². The first-order chi connectivity index (χ1) is 1.00. The maximum atomic E-state index is 6.25. The number of nitrogens with zero attached hydrogens (tertiary/aromatic N) is 1. The molecule has 0 amide bonds. The van der Waals surface area contributed by atoms with E-state index in [2.05, 4.69) is 0 Å². The van der Waals surface area contributed by atoms with E-state index in [1.165, 1.54) is 0 Å². The molecule has 0 unspecified atom stereocenters. The van der Waals surface area contributed by atoms with E-state index in [9.17, 15) is 0 Å². The van der Waals surface area contributed by atoms with E-state index >= 15 is 0 Å². The second-order valence-electron chi connectivity index (χ2n) is 0. The SMILES string of the molecule is [C-]#N.[Fe].[Mn]. The largest absolute Gasteiger partial charge is 0.512 e. The predicted molar refractivity (Wildman–Crippen MR) is 4.97 cm³/mol. The molecule has 0 fully saturated rings. The molecule has 0 aliphatic carbocycles. The minimum absolute atomic E-state index is 0. The van der Waals surface area contributed by atoms with Gasteiger partial charge >= 0.3 is 0 Å². The Morgan fingerprint density at radius 3 is 1.25 bits per heavy atom. The molecular formula is CFeMnN-. The molecule has 0 aromatic heterocycles. The number of hydrogen-bond acceptors (Lipinski definition) is 1. The zero-order valence-corrected chi connectivity index (χ0v) is 3.96. The van der Waals surface area contributed by atoms with Crippen molar-refractivity contribution >= 4 is 0 Å². The van der Waals surface area contributed by atoms with Gasteiger partial charge in [-0.1, -0.05) is 0 Å². The molecule has 0 saturated carbocycles. The van der Waals surface area contributed by atoms with Crippen LogP contribution in [0.4, 0.5) is 0 Å². The smallest absolute Gasteiger partial charge is 0 e. The van der Waals surface area contributed by atoms with Crippen molar-refractivity contribution in [3.05, 3.63) is 6.57 Å². The van der Waals surface area contributed by atoms with Crippen LogP contribution in [0.25, 0.3) is 0 Å². The first kappa shape index (κ1) is 24.1. The second-order valence-corrected chi connectivity index (χ2v) is 0. The fourth-order valence-corrected chi connectivity index (χ4v) is 0. The van der Waals surface area contributed by atoms with E-state index in [0.717, 1.165) is 0 Å². The Morgan fingerprint density at radius 2 is 1.25 bits per heavy atom. The van der Waals surface area contributed by atoms with Gasteiger partial charge in [-0.25, -0.2) is 0 Å². The Labute approximate surface area is 46.3 Å². The molecule has 0 aromatic carbocycles. The van der Waals surface area contributed by atoms with Gasteiger partial charge in [0.1, 0.15) is 0 Å². The standard InChI is InChI=1S/CN.Fe.Mn/c1-2;;/q-1;;. The molecule has 0 bridgehead atoms. The zero-order chi connectivity index (χ0) is 2.00. The topological polar surface area (TPSA) is 23.8 Å². The molecule has 0 atom stereocenters. The molecule has 0 N–H and O–H groups in total. The van der Waals surface area contributed by atoms with Crippen LogP contribution in [0.2, 0.25) is 0 Å². The summed E-state index contributed by atoms with van der Waals surface area (Å²) in [6, 6.07) is 0. The summed E-state index contributed by atoms with van der Waals surface area (Å²) >= 11 is 0. The van der Waals surface area contributed by atoms with Crippen molar-refractivity contribution in [2.45, 2.75) is 0 Å². The maximum Gasteiger partial charge on any atom is 0 e. The Morgan fingerprint density at radius 1 is 1.25 bits per heavy atom. The third kappa shape index (κ3) is 21.1. The van der Waals surface area contributed by atoms with Gasteiger partial charge in [0.05, 0.1) is 0 Å². The fraction of sp³-hybridized carbons (Fsp3) is 0. The van der Waals surface area contributed by atoms with Gasteiger partial charge in [-0.05, 0) is 0 Å². The summed E-state index contributed by atoms with van der Waals surface area (Å²) in [4.78, 5) is 0. The molecule has 0 aliphatic heterocycles. The van der Waals surface area contributed by atoms with Gasteiger partial charge in [-0.3, -0.25) is 0 Å². The summed E-state index contributed by atoms with van der Waals surface area (Å²) in [5.74, 6) is 0. The Kier molecular flexibility index (Phi) is 487. The van der Waals surface area contributed by atoms with Crippen LogP contribution < -0.4 is 0 Å². The Bertz CT molecular complexity index is 12.8. The van der Waals surface area contributed by atoms with Crippen LogP contribution in [0.5, 0.6) is 0 Å². The van der Waals surface area contributed by atoms with E-state index in [1.54, 1.807) is 0 Å². The molecule has 3 heteroatoms. The van der Waals surface area contributed by atoms with Gasteiger partial charge in [0.2, 0.25) is 0 Å². The molecule has 0 aliphatic rings. The van der Waals surface area contributed by atoms with Crippen LogP contribution in [0.1, 0.15) is 0 Å². The van der Waals surface area contributed by atoms with Crippen molar-refractivity contribution in [2.24, 2.45) is 0 Å². The van der Waals surface area contributed by atoms with Gasteiger partial charge in [0.25, 0.3) is 0 Å². The molecule has 1 radical (unpaired) electrons. The third-order valence-electron chi connectivity index (χ3n) is 0. The number of hydrogen-bond donors (Lipinski definition) is 0. The minimum atomic E-state index is 0. The Hall–Kier alpha value is 0.529. The minimum Gasteiger partial charge on any atom is -0.512 e. The average molecular weight is 137 g/mol. The van der Waals surface area contributed by atoms with Crippen molar-refractivity contribution in [3.8, 4) is 0 Å². The van der Waals surface area contributed by atoms with Crippen molar-refractivity contribution < 1.29 is 34.1 Å². The molecule has 25 valence electrons. The summed E-state index contributed by atoms with van der Waals surface area (Å²) in [7, 11) is 0. The van der Waals surface area contributed by atoms with E-state index in [-0.39, 0.29) is 34.1 Å². The summed E-state index contributed by atoms with van der Waals surface area (Å²) in [6.07, 6.45) is 0. The predicted octanol–water partition coefficient (Wildman–Crippen LogP) is 0.0914. The van der Waals surface area contributed by atoms with Gasteiger partial charge in [0, 0.05) is 34.1 Å². The maximum absolute atomic E-state index is 6.25. The van der Waals surface area contributed by atoms with E-state index in [0.29, 0.717) is 0 Å². The van der Waals surface area contributed by atoms with Crippen LogP contribution >= 0.6 is 0 Å². The first-order valence-corrected chi connectivity index (χ1v) is 0.224. The summed E-state index contributed by atoms with van der Waals surface area (Å²) in [6.45, 7) is 4.75. The fourth-order valence-electron chi connectivity index (χ4n) is 0. The Balaban J connectivity index is -0.00000000500. The van der Waals surface area contributed by atoms with Crippen molar-refractivity contribution in [1.82, 2.24) is 0 Å².